The molecule has 0 saturated carbocycles. The SMILES string of the molecule is CN.Cc1cc(-c2ccccc2F)n(S(=O)(=O)c2cccnc2)c1. The van der Waals surface area contributed by atoms with Gasteiger partial charge in [-0.3, -0.25) is 4.98 Å². The molecule has 0 unspecified atom stereocenters. The maximum atomic E-state index is 14.0. The van der Waals surface area contributed by atoms with Crippen LogP contribution in [0.2, 0.25) is 0 Å². The Bertz CT molecular complexity index is 922. The van der Waals surface area contributed by atoms with Crippen molar-refractivity contribution in [2.75, 3.05) is 7.05 Å². The second kappa shape index (κ2) is 7.37. The van der Waals surface area contributed by atoms with E-state index in [1.807, 2.05) is 0 Å². The first-order valence-corrected chi connectivity index (χ1v) is 8.61. The average Bonchev–Trinajstić information content (AvgIpc) is 3.00. The molecule has 0 aliphatic carbocycles. The van der Waals surface area contributed by atoms with Crippen LogP contribution in [-0.4, -0.2) is 24.4 Å². The number of halogens is 1. The normalized spacial score (nSPS) is 10.8. The lowest BCUT2D eigenvalue weighted by atomic mass is 10.1. The van der Waals surface area contributed by atoms with Gasteiger partial charge in [-0.05, 0) is 49.9 Å². The minimum Gasteiger partial charge on any atom is -0.333 e. The van der Waals surface area contributed by atoms with Crippen LogP contribution >= 0.6 is 0 Å². The van der Waals surface area contributed by atoms with Crippen LogP contribution < -0.4 is 5.73 Å². The molecule has 0 aliphatic heterocycles. The van der Waals surface area contributed by atoms with Gasteiger partial charge >= 0.3 is 0 Å². The Labute approximate surface area is 140 Å². The third-order valence-corrected chi connectivity index (χ3v) is 4.92. The molecule has 0 fully saturated rings. The number of nitrogens with two attached hydrogens (primary N) is 1. The van der Waals surface area contributed by atoms with Crippen molar-refractivity contribution < 1.29 is 12.8 Å². The summed E-state index contributed by atoms with van der Waals surface area (Å²) in [5.41, 5.74) is 5.76. The Morgan fingerprint density at radius 3 is 2.46 bits per heavy atom. The Morgan fingerprint density at radius 1 is 1.12 bits per heavy atom. The molecule has 0 atom stereocenters. The van der Waals surface area contributed by atoms with Crippen LogP contribution in [0.15, 0.2) is 66.0 Å². The molecule has 0 radical (unpaired) electrons. The zero-order valence-corrected chi connectivity index (χ0v) is 14.2. The summed E-state index contributed by atoms with van der Waals surface area (Å²) in [4.78, 5) is 3.90. The van der Waals surface area contributed by atoms with E-state index < -0.39 is 15.8 Å². The standard InChI is InChI=1S/C16H13FN2O2S.CH5N/c1-12-9-16(14-6-2-3-7-15(14)17)19(11-12)22(20,21)13-5-4-8-18-10-13;1-2/h2-11H,1H3;2H2,1H3. The van der Waals surface area contributed by atoms with Crippen molar-refractivity contribution in [2.45, 2.75) is 11.8 Å². The molecule has 0 bridgehead atoms. The molecule has 0 saturated heterocycles. The highest BCUT2D eigenvalue weighted by Crippen LogP contribution is 2.28. The fourth-order valence-corrected chi connectivity index (χ4v) is 3.64. The molecule has 24 heavy (non-hydrogen) atoms. The summed E-state index contributed by atoms with van der Waals surface area (Å²) in [6, 6.07) is 10.7. The molecule has 3 rings (SSSR count). The maximum Gasteiger partial charge on any atom is 0.269 e. The summed E-state index contributed by atoms with van der Waals surface area (Å²) in [5.74, 6) is -0.469. The number of hydrogen-bond donors (Lipinski definition) is 1. The predicted octanol–water partition coefficient (Wildman–Crippen LogP) is 2.81. The van der Waals surface area contributed by atoms with E-state index in [0.717, 1.165) is 9.54 Å². The molecule has 0 amide bonds. The first-order chi connectivity index (χ1) is 11.5. The van der Waals surface area contributed by atoms with E-state index in [0.29, 0.717) is 5.69 Å². The van der Waals surface area contributed by atoms with Crippen molar-refractivity contribution in [3.8, 4) is 11.3 Å². The van der Waals surface area contributed by atoms with E-state index in [4.69, 9.17) is 0 Å². The van der Waals surface area contributed by atoms with Gasteiger partial charge in [-0.1, -0.05) is 12.1 Å². The van der Waals surface area contributed by atoms with E-state index >= 15 is 0 Å². The zero-order valence-electron chi connectivity index (χ0n) is 13.3. The quantitative estimate of drug-likeness (QED) is 0.790. The number of rotatable bonds is 3. The van der Waals surface area contributed by atoms with Crippen molar-refractivity contribution in [1.29, 1.82) is 0 Å². The monoisotopic (exact) mass is 347 g/mol. The van der Waals surface area contributed by atoms with Crippen LogP contribution in [-0.2, 0) is 10.0 Å². The van der Waals surface area contributed by atoms with Gasteiger partial charge in [0.1, 0.15) is 10.7 Å². The maximum absolute atomic E-state index is 14.0. The summed E-state index contributed by atoms with van der Waals surface area (Å²) in [6.45, 7) is 1.76. The summed E-state index contributed by atoms with van der Waals surface area (Å²) >= 11 is 0. The number of aryl methyl sites for hydroxylation is 1. The first-order valence-electron chi connectivity index (χ1n) is 7.17. The molecule has 3 aromatic rings. The van der Waals surface area contributed by atoms with Gasteiger partial charge in [0.25, 0.3) is 10.0 Å². The van der Waals surface area contributed by atoms with Crippen LogP contribution in [0.4, 0.5) is 4.39 Å². The molecular weight excluding hydrogens is 329 g/mol. The van der Waals surface area contributed by atoms with Gasteiger partial charge in [0.2, 0.25) is 0 Å². The fraction of sp³-hybridized carbons (Fsp3) is 0.118. The molecule has 2 heterocycles. The number of hydrogen-bond acceptors (Lipinski definition) is 4. The molecule has 5 nitrogen and oxygen atoms in total. The highest BCUT2D eigenvalue weighted by atomic mass is 32.2. The van der Waals surface area contributed by atoms with Crippen LogP contribution in [0.5, 0.6) is 0 Å². The van der Waals surface area contributed by atoms with Crippen molar-refractivity contribution in [3.63, 3.8) is 0 Å². The van der Waals surface area contributed by atoms with Crippen LogP contribution in [0.1, 0.15) is 5.56 Å². The Kier molecular flexibility index (Phi) is 5.48. The van der Waals surface area contributed by atoms with E-state index in [1.54, 1.807) is 37.3 Å². The smallest absolute Gasteiger partial charge is 0.269 e. The fourth-order valence-electron chi connectivity index (χ4n) is 2.25. The first kappa shape index (κ1) is 17.8. The van der Waals surface area contributed by atoms with Gasteiger partial charge < -0.3 is 5.73 Å². The summed E-state index contributed by atoms with van der Waals surface area (Å²) in [7, 11) is -2.33. The molecule has 2 aromatic heterocycles. The highest BCUT2D eigenvalue weighted by Gasteiger charge is 2.22. The lowest BCUT2D eigenvalue weighted by Crippen LogP contribution is -2.13. The van der Waals surface area contributed by atoms with Crippen molar-refractivity contribution >= 4 is 10.0 Å². The van der Waals surface area contributed by atoms with Crippen molar-refractivity contribution in [2.24, 2.45) is 5.73 Å². The Hall–Kier alpha value is -2.51. The molecule has 126 valence electrons. The van der Waals surface area contributed by atoms with Crippen LogP contribution in [0, 0.1) is 12.7 Å². The second-order valence-corrected chi connectivity index (χ2v) is 6.69. The number of aromatic nitrogens is 2. The zero-order chi connectivity index (χ0) is 17.7. The van der Waals surface area contributed by atoms with Crippen LogP contribution in [0.3, 0.4) is 0 Å². The van der Waals surface area contributed by atoms with E-state index in [9.17, 15) is 12.8 Å². The van der Waals surface area contributed by atoms with Gasteiger partial charge in [-0.2, -0.15) is 0 Å². The molecule has 7 heteroatoms. The number of pyridine rings is 1. The van der Waals surface area contributed by atoms with Crippen molar-refractivity contribution in [1.82, 2.24) is 8.96 Å². The van der Waals surface area contributed by atoms with E-state index in [2.05, 4.69) is 10.7 Å². The molecular formula is C17H18FN3O2S. The number of benzene rings is 1. The largest absolute Gasteiger partial charge is 0.333 e. The average molecular weight is 347 g/mol. The molecule has 2 N–H and O–H groups in total. The van der Waals surface area contributed by atoms with E-state index in [-0.39, 0.29) is 10.5 Å². The van der Waals surface area contributed by atoms with Crippen LogP contribution in [0.25, 0.3) is 11.3 Å². The minimum atomic E-state index is -3.83. The van der Waals surface area contributed by atoms with Gasteiger partial charge in [0.15, 0.2) is 0 Å². The number of nitrogens with zero attached hydrogens (tertiary/aromatic N) is 2. The lowest BCUT2D eigenvalue weighted by molar-refractivity contribution is 0.587. The van der Waals surface area contributed by atoms with Gasteiger partial charge in [0.05, 0.1) is 5.69 Å². The van der Waals surface area contributed by atoms with Gasteiger partial charge in [-0.15, -0.1) is 0 Å². The van der Waals surface area contributed by atoms with Crippen molar-refractivity contribution in [3.05, 3.63) is 72.4 Å². The third-order valence-electron chi connectivity index (χ3n) is 3.26. The predicted molar refractivity (Wildman–Crippen MR) is 91.5 cm³/mol. The lowest BCUT2D eigenvalue weighted by Gasteiger charge is -2.10. The topological polar surface area (TPSA) is 78.0 Å². The van der Waals surface area contributed by atoms with E-state index in [1.165, 1.54) is 37.8 Å². The highest BCUT2D eigenvalue weighted by molar-refractivity contribution is 7.90. The molecule has 1 aromatic carbocycles. The summed E-state index contributed by atoms with van der Waals surface area (Å²) in [6.07, 6.45) is 4.25. The Balaban J connectivity index is 0.00000100. The molecule has 0 aliphatic rings. The second-order valence-electron chi connectivity index (χ2n) is 4.87. The molecule has 0 spiro atoms. The summed E-state index contributed by atoms with van der Waals surface area (Å²) in [5, 5.41) is 0. The minimum absolute atomic E-state index is 0.0585. The Morgan fingerprint density at radius 2 is 1.83 bits per heavy atom. The van der Waals surface area contributed by atoms with Gasteiger partial charge in [-0.25, -0.2) is 16.8 Å². The third kappa shape index (κ3) is 3.37. The summed E-state index contributed by atoms with van der Waals surface area (Å²) < 4.78 is 40.6. The van der Waals surface area contributed by atoms with Gasteiger partial charge in [0, 0.05) is 24.2 Å².